The molecule has 1 aromatic carbocycles. The van der Waals surface area contributed by atoms with E-state index in [1.807, 2.05) is 12.1 Å². The van der Waals surface area contributed by atoms with Gasteiger partial charge < -0.3 is 14.6 Å². The summed E-state index contributed by atoms with van der Waals surface area (Å²) in [5.41, 5.74) is 0. The second-order valence-corrected chi connectivity index (χ2v) is 4.49. The Morgan fingerprint density at radius 2 is 2.11 bits per heavy atom. The van der Waals surface area contributed by atoms with Crippen molar-refractivity contribution >= 4 is 17.3 Å². The summed E-state index contributed by atoms with van der Waals surface area (Å²) in [5, 5.41) is 8.82. The quantitative estimate of drug-likeness (QED) is 0.899. The molecule has 94 valence electrons. The first-order chi connectivity index (χ1) is 8.70. The predicted molar refractivity (Wildman–Crippen MR) is 66.4 cm³/mol. The second kappa shape index (κ2) is 5.50. The van der Waals surface area contributed by atoms with Gasteiger partial charge in [0.05, 0.1) is 12.0 Å². The summed E-state index contributed by atoms with van der Waals surface area (Å²) in [6.45, 7) is 0.269. The summed E-state index contributed by atoms with van der Waals surface area (Å²) >= 11 is 1.10. The number of para-hydroxylation sites is 2. The molecule has 2 aromatic rings. The normalized spacial score (nSPS) is 10.1. The Kier molecular flexibility index (Phi) is 3.78. The topological polar surface area (TPSA) is 68.7 Å². The van der Waals surface area contributed by atoms with Crippen molar-refractivity contribution in [3.63, 3.8) is 0 Å². The van der Waals surface area contributed by atoms with E-state index < -0.39 is 5.97 Å². The highest BCUT2D eigenvalue weighted by molar-refractivity contribution is 7.13. The van der Waals surface area contributed by atoms with E-state index in [9.17, 15) is 4.79 Å². The zero-order valence-corrected chi connectivity index (χ0v) is 10.4. The number of aromatic carboxylic acids is 1. The summed E-state index contributed by atoms with van der Waals surface area (Å²) in [5.74, 6) is 0.231. The van der Waals surface area contributed by atoms with Crippen LogP contribution in [0.3, 0.4) is 0 Å². The van der Waals surface area contributed by atoms with Crippen LogP contribution in [0.2, 0.25) is 0 Å². The van der Waals surface area contributed by atoms with Crippen molar-refractivity contribution in [1.29, 1.82) is 0 Å². The summed E-state index contributed by atoms with van der Waals surface area (Å²) in [6.07, 6.45) is 1.50. The van der Waals surface area contributed by atoms with Crippen LogP contribution in [-0.2, 0) is 6.61 Å². The highest BCUT2D eigenvalue weighted by Gasteiger charge is 2.10. The monoisotopic (exact) mass is 265 g/mol. The van der Waals surface area contributed by atoms with Gasteiger partial charge in [-0.3, -0.25) is 0 Å². The Labute approximate surface area is 108 Å². The molecule has 0 fully saturated rings. The van der Waals surface area contributed by atoms with Gasteiger partial charge in [0.1, 0.15) is 6.61 Å². The van der Waals surface area contributed by atoms with E-state index in [1.165, 1.54) is 6.20 Å². The fourth-order valence-electron chi connectivity index (χ4n) is 1.36. The number of methoxy groups -OCH3 is 1. The first kappa shape index (κ1) is 12.4. The van der Waals surface area contributed by atoms with E-state index in [2.05, 4.69) is 4.98 Å². The number of carboxylic acid groups (broad SMARTS) is 1. The van der Waals surface area contributed by atoms with Gasteiger partial charge in [-0.15, -0.1) is 11.3 Å². The maximum atomic E-state index is 10.7. The van der Waals surface area contributed by atoms with Crippen molar-refractivity contribution in [2.24, 2.45) is 0 Å². The molecule has 6 heteroatoms. The molecule has 1 N–H and O–H groups in total. The lowest BCUT2D eigenvalue weighted by atomic mass is 10.3. The molecule has 0 aliphatic rings. The number of carbonyl (C=O) groups is 1. The van der Waals surface area contributed by atoms with Gasteiger partial charge in [0.25, 0.3) is 0 Å². The van der Waals surface area contributed by atoms with Crippen LogP contribution >= 0.6 is 11.3 Å². The Morgan fingerprint density at radius 1 is 1.39 bits per heavy atom. The first-order valence-corrected chi connectivity index (χ1v) is 5.96. The van der Waals surface area contributed by atoms with E-state index in [0.717, 1.165) is 16.2 Å². The average molecular weight is 265 g/mol. The van der Waals surface area contributed by atoms with E-state index in [4.69, 9.17) is 14.6 Å². The molecule has 0 atom stereocenters. The van der Waals surface area contributed by atoms with Crippen LogP contribution in [-0.4, -0.2) is 23.2 Å². The number of ether oxygens (including phenoxy) is 2. The molecule has 0 spiro atoms. The lowest BCUT2D eigenvalue weighted by molar-refractivity contribution is 0.0696. The Morgan fingerprint density at radius 3 is 2.72 bits per heavy atom. The van der Waals surface area contributed by atoms with Crippen LogP contribution in [0.25, 0.3) is 0 Å². The maximum absolute atomic E-state index is 10.7. The molecular weight excluding hydrogens is 254 g/mol. The fraction of sp³-hybridized carbons (Fsp3) is 0.167. The van der Waals surface area contributed by atoms with Gasteiger partial charge in [-0.1, -0.05) is 12.1 Å². The average Bonchev–Trinajstić information content (AvgIpc) is 2.85. The van der Waals surface area contributed by atoms with Gasteiger partial charge in [-0.2, -0.15) is 0 Å². The highest BCUT2D eigenvalue weighted by Crippen LogP contribution is 2.27. The molecule has 0 saturated heterocycles. The number of hydrogen-bond acceptors (Lipinski definition) is 5. The van der Waals surface area contributed by atoms with Crippen molar-refractivity contribution in [3.8, 4) is 11.5 Å². The molecule has 2 rings (SSSR count). The molecule has 0 aliphatic carbocycles. The van der Waals surface area contributed by atoms with Crippen LogP contribution < -0.4 is 9.47 Å². The van der Waals surface area contributed by atoms with Crippen molar-refractivity contribution in [1.82, 2.24) is 4.98 Å². The molecule has 18 heavy (non-hydrogen) atoms. The number of rotatable bonds is 5. The molecule has 0 aliphatic heterocycles. The number of nitrogens with zero attached hydrogens (tertiary/aromatic N) is 1. The van der Waals surface area contributed by atoms with E-state index in [0.29, 0.717) is 11.5 Å². The Bertz CT molecular complexity index is 553. The summed E-state index contributed by atoms with van der Waals surface area (Å²) < 4.78 is 10.7. The number of thiazole rings is 1. The van der Waals surface area contributed by atoms with Crippen LogP contribution in [0.15, 0.2) is 30.5 Å². The van der Waals surface area contributed by atoms with Crippen LogP contribution in [0.4, 0.5) is 0 Å². The molecule has 0 unspecified atom stereocenters. The lowest BCUT2D eigenvalue weighted by Crippen LogP contribution is -1.95. The largest absolute Gasteiger partial charge is 0.493 e. The first-order valence-electron chi connectivity index (χ1n) is 5.14. The lowest BCUT2D eigenvalue weighted by Gasteiger charge is -2.08. The summed E-state index contributed by atoms with van der Waals surface area (Å²) in [4.78, 5) is 15.2. The fourth-order valence-corrected chi connectivity index (χ4v) is 2.02. The number of aromatic nitrogens is 1. The molecule has 0 saturated carbocycles. The highest BCUT2D eigenvalue weighted by atomic mass is 32.1. The minimum atomic E-state index is -1.02. The minimum absolute atomic E-state index is 0.0635. The third kappa shape index (κ3) is 2.78. The zero-order valence-electron chi connectivity index (χ0n) is 9.62. The maximum Gasteiger partial charge on any atom is 0.365 e. The standard InChI is InChI=1S/C12H11NO4S/c1-16-9-4-2-3-5-10(9)17-7-8-6-13-11(18-8)12(14)15/h2-6H,7H2,1H3,(H,14,15). The Hall–Kier alpha value is -2.08. The van der Waals surface area contributed by atoms with E-state index in [-0.39, 0.29) is 11.6 Å². The van der Waals surface area contributed by atoms with Crippen molar-refractivity contribution in [2.75, 3.05) is 7.11 Å². The molecule has 0 bridgehead atoms. The van der Waals surface area contributed by atoms with Crippen molar-refractivity contribution in [2.45, 2.75) is 6.61 Å². The minimum Gasteiger partial charge on any atom is -0.493 e. The van der Waals surface area contributed by atoms with Gasteiger partial charge in [0, 0.05) is 6.20 Å². The van der Waals surface area contributed by atoms with E-state index in [1.54, 1.807) is 19.2 Å². The van der Waals surface area contributed by atoms with Crippen molar-refractivity contribution < 1.29 is 19.4 Å². The zero-order chi connectivity index (χ0) is 13.0. The molecule has 1 aromatic heterocycles. The molecular formula is C12H11NO4S. The van der Waals surface area contributed by atoms with Crippen LogP contribution in [0.1, 0.15) is 14.7 Å². The van der Waals surface area contributed by atoms with E-state index >= 15 is 0 Å². The third-order valence-electron chi connectivity index (χ3n) is 2.18. The number of carboxylic acids is 1. The molecule has 5 nitrogen and oxygen atoms in total. The molecule has 0 radical (unpaired) electrons. The van der Waals surface area contributed by atoms with Crippen LogP contribution in [0, 0.1) is 0 Å². The summed E-state index contributed by atoms with van der Waals surface area (Å²) in [6, 6.07) is 7.27. The van der Waals surface area contributed by atoms with Crippen molar-refractivity contribution in [3.05, 3.63) is 40.3 Å². The molecule has 1 heterocycles. The van der Waals surface area contributed by atoms with Crippen LogP contribution in [0.5, 0.6) is 11.5 Å². The molecule has 0 amide bonds. The van der Waals surface area contributed by atoms with Gasteiger partial charge in [0.2, 0.25) is 5.01 Å². The smallest absolute Gasteiger partial charge is 0.365 e. The Balaban J connectivity index is 2.04. The van der Waals surface area contributed by atoms with Gasteiger partial charge in [-0.25, -0.2) is 9.78 Å². The predicted octanol–water partition coefficient (Wildman–Crippen LogP) is 2.43. The number of hydrogen-bond donors (Lipinski definition) is 1. The summed E-state index contributed by atoms with van der Waals surface area (Å²) in [7, 11) is 1.57. The van der Waals surface area contributed by atoms with Gasteiger partial charge in [0.15, 0.2) is 11.5 Å². The van der Waals surface area contributed by atoms with Gasteiger partial charge in [-0.05, 0) is 12.1 Å². The third-order valence-corrected chi connectivity index (χ3v) is 3.13. The van der Waals surface area contributed by atoms with Gasteiger partial charge >= 0.3 is 5.97 Å². The number of benzene rings is 1. The SMILES string of the molecule is COc1ccccc1OCc1cnc(C(=O)O)s1. The second-order valence-electron chi connectivity index (χ2n) is 3.38.